The van der Waals surface area contributed by atoms with Crippen LogP contribution < -0.4 is 5.73 Å². The fraction of sp³-hybridized carbons (Fsp3) is 0.571. The molecule has 1 aliphatic heterocycles. The molecule has 1 fully saturated rings. The first-order valence-corrected chi connectivity index (χ1v) is 6.51. The first-order valence-electron chi connectivity index (χ1n) is 6.51. The molecule has 0 bridgehead atoms. The number of hydrogen-bond donors (Lipinski definition) is 1. The molecule has 1 aromatic heterocycles. The number of carbonyl (C=O) groups excluding carboxylic acids is 1. The molecule has 6 heteroatoms. The van der Waals surface area contributed by atoms with Crippen LogP contribution in [0.25, 0.3) is 0 Å². The van der Waals surface area contributed by atoms with Crippen molar-refractivity contribution in [1.29, 1.82) is 0 Å². The summed E-state index contributed by atoms with van der Waals surface area (Å²) in [5.74, 6) is 0.643. The average Bonchev–Trinajstić information content (AvgIpc) is 2.73. The van der Waals surface area contributed by atoms with Gasteiger partial charge in [0.1, 0.15) is 0 Å². The number of aryl methyl sites for hydroxylation is 1. The second-order valence-electron chi connectivity index (χ2n) is 5.22. The van der Waals surface area contributed by atoms with Crippen molar-refractivity contribution in [1.82, 2.24) is 9.88 Å². The van der Waals surface area contributed by atoms with E-state index in [1.54, 1.807) is 6.20 Å². The lowest BCUT2D eigenvalue weighted by molar-refractivity contribution is -0.131. The van der Waals surface area contributed by atoms with Gasteiger partial charge in [-0.3, -0.25) is 9.78 Å². The number of aromatic nitrogens is 1. The molecule has 2 atom stereocenters. The predicted octanol–water partition coefficient (Wildman–Crippen LogP) is 1.97. The van der Waals surface area contributed by atoms with E-state index in [0.717, 1.165) is 24.2 Å². The number of carbonyl (C=O) groups is 1. The average molecular weight is 320 g/mol. The van der Waals surface area contributed by atoms with Gasteiger partial charge in [-0.15, -0.1) is 24.8 Å². The smallest absolute Gasteiger partial charge is 0.227 e. The number of pyridine rings is 1. The third-order valence-electron chi connectivity index (χ3n) is 3.64. The minimum absolute atomic E-state index is 0. The number of amides is 1. The van der Waals surface area contributed by atoms with Crippen molar-refractivity contribution in [2.45, 2.75) is 32.7 Å². The largest absolute Gasteiger partial charge is 0.339 e. The van der Waals surface area contributed by atoms with E-state index < -0.39 is 0 Å². The molecule has 2 rings (SSSR count). The highest BCUT2D eigenvalue weighted by Gasteiger charge is 2.31. The molecule has 0 radical (unpaired) electrons. The molecular formula is C14H23Cl2N3O. The van der Waals surface area contributed by atoms with Gasteiger partial charge in [0.05, 0.1) is 6.42 Å². The van der Waals surface area contributed by atoms with E-state index in [9.17, 15) is 4.79 Å². The van der Waals surface area contributed by atoms with Gasteiger partial charge in [0.25, 0.3) is 0 Å². The number of hydrogen-bond acceptors (Lipinski definition) is 3. The Kier molecular flexibility index (Phi) is 8.09. The Morgan fingerprint density at radius 1 is 1.45 bits per heavy atom. The monoisotopic (exact) mass is 319 g/mol. The van der Waals surface area contributed by atoms with E-state index in [1.807, 2.05) is 24.0 Å². The number of nitrogens with two attached hydrogens (primary N) is 1. The van der Waals surface area contributed by atoms with Crippen LogP contribution in [0.3, 0.4) is 0 Å². The molecule has 1 saturated heterocycles. The Labute approximate surface area is 132 Å². The van der Waals surface area contributed by atoms with Crippen LogP contribution in [0.4, 0.5) is 0 Å². The molecule has 2 heterocycles. The Morgan fingerprint density at radius 3 is 2.65 bits per heavy atom. The summed E-state index contributed by atoms with van der Waals surface area (Å²) < 4.78 is 0. The summed E-state index contributed by atoms with van der Waals surface area (Å²) in [5, 5.41) is 0. The molecule has 4 nitrogen and oxygen atoms in total. The number of rotatable bonds is 3. The van der Waals surface area contributed by atoms with Crippen LogP contribution >= 0.6 is 24.8 Å². The SMILES string of the molecule is Cc1ccc(CC(=O)N2CC(CN)CC2C)cn1.Cl.Cl. The maximum atomic E-state index is 12.2. The van der Waals surface area contributed by atoms with Crippen molar-refractivity contribution in [2.75, 3.05) is 13.1 Å². The number of nitrogens with zero attached hydrogens (tertiary/aromatic N) is 2. The first-order chi connectivity index (χ1) is 8.60. The summed E-state index contributed by atoms with van der Waals surface area (Å²) in [6.07, 6.45) is 3.25. The molecule has 114 valence electrons. The third-order valence-corrected chi connectivity index (χ3v) is 3.64. The molecule has 2 N–H and O–H groups in total. The lowest BCUT2D eigenvalue weighted by Crippen LogP contribution is -2.35. The molecule has 0 saturated carbocycles. The highest BCUT2D eigenvalue weighted by molar-refractivity contribution is 5.85. The van der Waals surface area contributed by atoms with Crippen molar-refractivity contribution < 1.29 is 4.79 Å². The number of halogens is 2. The van der Waals surface area contributed by atoms with Crippen molar-refractivity contribution in [3.63, 3.8) is 0 Å². The fourth-order valence-electron chi connectivity index (χ4n) is 2.54. The molecule has 20 heavy (non-hydrogen) atoms. The van der Waals surface area contributed by atoms with Crippen LogP contribution in [0.5, 0.6) is 0 Å². The van der Waals surface area contributed by atoms with Gasteiger partial charge in [0.2, 0.25) is 5.91 Å². The zero-order chi connectivity index (χ0) is 13.1. The summed E-state index contributed by atoms with van der Waals surface area (Å²) in [4.78, 5) is 18.4. The van der Waals surface area contributed by atoms with Crippen molar-refractivity contribution >= 4 is 30.7 Å². The van der Waals surface area contributed by atoms with Crippen LogP contribution in [0.2, 0.25) is 0 Å². The Balaban J connectivity index is 0.00000180. The normalized spacial score (nSPS) is 21.1. The van der Waals surface area contributed by atoms with E-state index >= 15 is 0 Å². The Bertz CT molecular complexity index is 425. The van der Waals surface area contributed by atoms with Gasteiger partial charge < -0.3 is 10.6 Å². The van der Waals surface area contributed by atoms with E-state index in [2.05, 4.69) is 11.9 Å². The summed E-state index contributed by atoms with van der Waals surface area (Å²) in [7, 11) is 0. The summed E-state index contributed by atoms with van der Waals surface area (Å²) in [6.45, 7) is 5.51. The van der Waals surface area contributed by atoms with E-state index in [1.165, 1.54) is 0 Å². The quantitative estimate of drug-likeness (QED) is 0.926. The summed E-state index contributed by atoms with van der Waals surface area (Å²) in [5.41, 5.74) is 7.64. The highest BCUT2D eigenvalue weighted by atomic mass is 35.5. The lowest BCUT2D eigenvalue weighted by Gasteiger charge is -2.21. The highest BCUT2D eigenvalue weighted by Crippen LogP contribution is 2.22. The minimum Gasteiger partial charge on any atom is -0.339 e. The third kappa shape index (κ3) is 4.62. The van der Waals surface area contributed by atoms with Crippen LogP contribution in [0.15, 0.2) is 18.3 Å². The van der Waals surface area contributed by atoms with Gasteiger partial charge in [-0.1, -0.05) is 6.07 Å². The van der Waals surface area contributed by atoms with Crippen LogP contribution in [0.1, 0.15) is 24.6 Å². The topological polar surface area (TPSA) is 59.2 Å². The zero-order valence-electron chi connectivity index (χ0n) is 11.9. The Morgan fingerprint density at radius 2 is 2.15 bits per heavy atom. The second-order valence-corrected chi connectivity index (χ2v) is 5.22. The fourth-order valence-corrected chi connectivity index (χ4v) is 2.54. The molecule has 0 aliphatic carbocycles. The van der Waals surface area contributed by atoms with Gasteiger partial charge in [-0.2, -0.15) is 0 Å². The van der Waals surface area contributed by atoms with Gasteiger partial charge in [-0.25, -0.2) is 0 Å². The van der Waals surface area contributed by atoms with Crippen molar-refractivity contribution in [2.24, 2.45) is 11.7 Å². The van der Waals surface area contributed by atoms with Crippen LogP contribution in [-0.4, -0.2) is 34.9 Å². The lowest BCUT2D eigenvalue weighted by atomic mass is 10.1. The molecule has 1 aliphatic rings. The van der Waals surface area contributed by atoms with Crippen LogP contribution in [-0.2, 0) is 11.2 Å². The number of likely N-dealkylation sites (tertiary alicyclic amines) is 1. The molecule has 0 aromatic carbocycles. The molecule has 2 unspecified atom stereocenters. The van der Waals surface area contributed by atoms with Crippen molar-refractivity contribution in [3.05, 3.63) is 29.6 Å². The summed E-state index contributed by atoms with van der Waals surface area (Å²) in [6, 6.07) is 4.23. The molecular weight excluding hydrogens is 297 g/mol. The maximum Gasteiger partial charge on any atom is 0.227 e. The minimum atomic E-state index is 0. The van der Waals surface area contributed by atoms with Gasteiger partial charge in [0, 0.05) is 24.5 Å². The van der Waals surface area contributed by atoms with Gasteiger partial charge >= 0.3 is 0 Å². The first kappa shape index (κ1) is 19.2. The molecule has 0 spiro atoms. The van der Waals surface area contributed by atoms with Gasteiger partial charge in [-0.05, 0) is 44.4 Å². The van der Waals surface area contributed by atoms with E-state index in [0.29, 0.717) is 24.9 Å². The van der Waals surface area contributed by atoms with Crippen molar-refractivity contribution in [3.8, 4) is 0 Å². The zero-order valence-corrected chi connectivity index (χ0v) is 13.5. The van der Waals surface area contributed by atoms with E-state index in [-0.39, 0.29) is 30.7 Å². The standard InChI is InChI=1S/C14H21N3O.2ClH/c1-10-3-4-12(8-16-10)6-14(18)17-9-13(7-15)5-11(17)2;;/h3-4,8,11,13H,5-7,9,15H2,1-2H3;2*1H. The molecule has 1 amide bonds. The summed E-state index contributed by atoms with van der Waals surface area (Å²) >= 11 is 0. The maximum absolute atomic E-state index is 12.2. The van der Waals surface area contributed by atoms with Crippen LogP contribution in [0, 0.1) is 12.8 Å². The van der Waals surface area contributed by atoms with E-state index in [4.69, 9.17) is 5.73 Å². The molecule has 1 aromatic rings. The van der Waals surface area contributed by atoms with Gasteiger partial charge in [0.15, 0.2) is 0 Å². The Hall–Kier alpha value is -0.840. The second kappa shape index (κ2) is 8.45. The predicted molar refractivity (Wildman–Crippen MR) is 85.5 cm³/mol.